The van der Waals surface area contributed by atoms with Crippen molar-refractivity contribution in [2.45, 2.75) is 47.3 Å². The Morgan fingerprint density at radius 3 is 1.82 bits per heavy atom. The molecule has 0 heterocycles. The van der Waals surface area contributed by atoms with E-state index in [1.807, 2.05) is 12.1 Å². The Hall–Kier alpha value is -2.82. The number of benzene rings is 2. The fraction of sp³-hybridized carbons (Fsp3) is 0.391. The van der Waals surface area contributed by atoms with E-state index in [-0.39, 0.29) is 25.1 Å². The zero-order valence-electron chi connectivity index (χ0n) is 17.0. The summed E-state index contributed by atoms with van der Waals surface area (Å²) in [7, 11) is 0. The SMILES string of the molecule is CC(C)Cc1ccc(COC(=O)Nc2ccc(COC(=O)C(C)C)cc2)cc1. The van der Waals surface area contributed by atoms with Crippen LogP contribution < -0.4 is 5.32 Å². The van der Waals surface area contributed by atoms with Gasteiger partial charge in [0.05, 0.1) is 5.92 Å². The fourth-order valence-electron chi connectivity index (χ4n) is 2.55. The van der Waals surface area contributed by atoms with Crippen molar-refractivity contribution < 1.29 is 19.1 Å². The highest BCUT2D eigenvalue weighted by atomic mass is 16.5. The minimum Gasteiger partial charge on any atom is -0.461 e. The zero-order valence-corrected chi connectivity index (χ0v) is 17.0. The quantitative estimate of drug-likeness (QED) is 0.626. The Morgan fingerprint density at radius 1 is 0.786 bits per heavy atom. The van der Waals surface area contributed by atoms with E-state index in [0.717, 1.165) is 17.5 Å². The Balaban J connectivity index is 1.77. The maximum absolute atomic E-state index is 12.0. The summed E-state index contributed by atoms with van der Waals surface area (Å²) < 4.78 is 10.4. The van der Waals surface area contributed by atoms with Gasteiger partial charge in [-0.25, -0.2) is 4.79 Å². The number of amides is 1. The first-order valence-corrected chi connectivity index (χ1v) is 9.60. The molecule has 0 atom stereocenters. The van der Waals surface area contributed by atoms with Crippen molar-refractivity contribution >= 4 is 17.7 Å². The van der Waals surface area contributed by atoms with E-state index in [1.54, 1.807) is 38.1 Å². The lowest BCUT2D eigenvalue weighted by Gasteiger charge is -2.10. The van der Waals surface area contributed by atoms with Crippen LogP contribution in [0, 0.1) is 11.8 Å². The average molecular weight is 383 g/mol. The van der Waals surface area contributed by atoms with Crippen LogP contribution in [-0.2, 0) is 33.9 Å². The molecule has 1 amide bonds. The summed E-state index contributed by atoms with van der Waals surface area (Å²) in [4.78, 5) is 23.5. The molecule has 0 fully saturated rings. The van der Waals surface area contributed by atoms with E-state index in [1.165, 1.54) is 5.56 Å². The molecule has 0 aliphatic carbocycles. The molecule has 5 nitrogen and oxygen atoms in total. The topological polar surface area (TPSA) is 64.6 Å². The van der Waals surface area contributed by atoms with Crippen LogP contribution in [0.4, 0.5) is 10.5 Å². The summed E-state index contributed by atoms with van der Waals surface area (Å²) >= 11 is 0. The average Bonchev–Trinajstić information content (AvgIpc) is 2.66. The lowest BCUT2D eigenvalue weighted by Crippen LogP contribution is -2.14. The predicted octanol–water partition coefficient (Wildman–Crippen LogP) is 5.33. The number of ether oxygens (including phenoxy) is 2. The second-order valence-electron chi connectivity index (χ2n) is 7.57. The standard InChI is InChI=1S/C23H29NO4/c1-16(2)13-18-5-7-19(8-6-18)15-28-23(26)24-21-11-9-20(10-12-21)14-27-22(25)17(3)4/h5-12,16-17H,13-15H2,1-4H3,(H,24,26). The van der Waals surface area contributed by atoms with E-state index in [2.05, 4.69) is 31.3 Å². The maximum Gasteiger partial charge on any atom is 0.411 e. The van der Waals surface area contributed by atoms with E-state index in [0.29, 0.717) is 11.6 Å². The third kappa shape index (κ3) is 7.43. The van der Waals surface area contributed by atoms with Gasteiger partial charge in [-0.05, 0) is 41.2 Å². The number of hydrogen-bond donors (Lipinski definition) is 1. The van der Waals surface area contributed by atoms with Gasteiger partial charge in [0.1, 0.15) is 13.2 Å². The van der Waals surface area contributed by atoms with Gasteiger partial charge in [0.15, 0.2) is 0 Å². The fourth-order valence-corrected chi connectivity index (χ4v) is 2.55. The first kappa shape index (κ1) is 21.5. The molecule has 150 valence electrons. The van der Waals surface area contributed by atoms with Crippen molar-refractivity contribution in [1.82, 2.24) is 0 Å². The van der Waals surface area contributed by atoms with Crippen LogP contribution in [0.3, 0.4) is 0 Å². The van der Waals surface area contributed by atoms with Gasteiger partial charge in [-0.1, -0.05) is 64.1 Å². The van der Waals surface area contributed by atoms with Crippen LogP contribution in [0.15, 0.2) is 48.5 Å². The molecule has 2 aromatic rings. The summed E-state index contributed by atoms with van der Waals surface area (Å²) in [5, 5.41) is 2.69. The minimum atomic E-state index is -0.509. The monoisotopic (exact) mass is 383 g/mol. The highest BCUT2D eigenvalue weighted by Crippen LogP contribution is 2.13. The van der Waals surface area contributed by atoms with Crippen molar-refractivity contribution in [1.29, 1.82) is 0 Å². The highest BCUT2D eigenvalue weighted by Gasteiger charge is 2.09. The highest BCUT2D eigenvalue weighted by molar-refractivity contribution is 5.84. The molecule has 28 heavy (non-hydrogen) atoms. The van der Waals surface area contributed by atoms with Gasteiger partial charge < -0.3 is 9.47 Å². The summed E-state index contributed by atoms with van der Waals surface area (Å²) in [5.41, 5.74) is 3.71. The van der Waals surface area contributed by atoms with Crippen LogP contribution in [0.2, 0.25) is 0 Å². The van der Waals surface area contributed by atoms with Gasteiger partial charge >= 0.3 is 12.1 Å². The zero-order chi connectivity index (χ0) is 20.5. The lowest BCUT2D eigenvalue weighted by molar-refractivity contribution is -0.148. The van der Waals surface area contributed by atoms with Crippen LogP contribution in [0.25, 0.3) is 0 Å². The van der Waals surface area contributed by atoms with Crippen molar-refractivity contribution in [3.8, 4) is 0 Å². The van der Waals surface area contributed by atoms with Crippen molar-refractivity contribution in [2.75, 3.05) is 5.32 Å². The molecule has 0 bridgehead atoms. The molecule has 0 aliphatic heterocycles. The van der Waals surface area contributed by atoms with Gasteiger partial charge in [-0.15, -0.1) is 0 Å². The molecule has 5 heteroatoms. The Bertz CT molecular complexity index is 764. The third-order valence-corrected chi connectivity index (χ3v) is 4.09. The number of rotatable bonds is 8. The van der Waals surface area contributed by atoms with Gasteiger partial charge in [0.25, 0.3) is 0 Å². The maximum atomic E-state index is 12.0. The molecule has 0 unspecified atom stereocenters. The summed E-state index contributed by atoms with van der Waals surface area (Å²) in [6.45, 7) is 8.39. The predicted molar refractivity (Wildman–Crippen MR) is 110 cm³/mol. The molecular weight excluding hydrogens is 354 g/mol. The summed E-state index contributed by atoms with van der Waals surface area (Å²) in [6, 6.07) is 15.2. The second kappa shape index (κ2) is 10.5. The number of nitrogens with one attached hydrogen (secondary N) is 1. The van der Waals surface area contributed by atoms with Gasteiger partial charge in [-0.3, -0.25) is 10.1 Å². The summed E-state index contributed by atoms with van der Waals surface area (Å²) in [5.74, 6) is 0.228. The van der Waals surface area contributed by atoms with Crippen LogP contribution in [-0.4, -0.2) is 12.1 Å². The largest absolute Gasteiger partial charge is 0.461 e. The first-order valence-electron chi connectivity index (χ1n) is 9.60. The van der Waals surface area contributed by atoms with Crippen LogP contribution in [0.1, 0.15) is 44.4 Å². The molecule has 0 aromatic heterocycles. The second-order valence-corrected chi connectivity index (χ2v) is 7.57. The van der Waals surface area contributed by atoms with Crippen molar-refractivity contribution in [3.05, 3.63) is 65.2 Å². The van der Waals surface area contributed by atoms with Gasteiger partial charge in [0.2, 0.25) is 0 Å². The third-order valence-electron chi connectivity index (χ3n) is 4.09. The van der Waals surface area contributed by atoms with Crippen molar-refractivity contribution in [3.63, 3.8) is 0 Å². The molecule has 0 saturated heterocycles. The Labute approximate surface area is 167 Å². The van der Waals surface area contributed by atoms with Crippen LogP contribution in [0.5, 0.6) is 0 Å². The minimum absolute atomic E-state index is 0.151. The molecule has 0 aliphatic rings. The van der Waals surface area contributed by atoms with Crippen LogP contribution >= 0.6 is 0 Å². The van der Waals surface area contributed by atoms with E-state index < -0.39 is 6.09 Å². The molecular formula is C23H29NO4. The Morgan fingerprint density at radius 2 is 1.29 bits per heavy atom. The van der Waals surface area contributed by atoms with E-state index in [9.17, 15) is 9.59 Å². The van der Waals surface area contributed by atoms with Gasteiger partial charge in [-0.2, -0.15) is 0 Å². The number of esters is 1. The molecule has 2 aromatic carbocycles. The van der Waals surface area contributed by atoms with Crippen molar-refractivity contribution in [2.24, 2.45) is 11.8 Å². The number of hydrogen-bond acceptors (Lipinski definition) is 4. The van der Waals surface area contributed by atoms with E-state index >= 15 is 0 Å². The molecule has 0 saturated carbocycles. The molecule has 0 spiro atoms. The number of carbonyl (C=O) groups is 2. The number of carbonyl (C=O) groups excluding carboxylic acids is 2. The summed E-state index contributed by atoms with van der Waals surface area (Å²) in [6.07, 6.45) is 0.527. The molecule has 1 N–H and O–H groups in total. The first-order chi connectivity index (χ1) is 13.3. The Kier molecular flexibility index (Phi) is 8.05. The van der Waals surface area contributed by atoms with E-state index in [4.69, 9.17) is 9.47 Å². The normalized spacial score (nSPS) is 10.8. The molecule has 2 rings (SSSR count). The van der Waals surface area contributed by atoms with Gasteiger partial charge in [0, 0.05) is 5.69 Å². The smallest absolute Gasteiger partial charge is 0.411 e. The lowest BCUT2D eigenvalue weighted by atomic mass is 10.0. The number of anilines is 1. The molecule has 0 radical (unpaired) electrons.